The zero-order valence-corrected chi connectivity index (χ0v) is 27.0. The maximum absolute atomic E-state index is 12.8. The number of aryl methyl sites for hydroxylation is 2. The van der Waals surface area contributed by atoms with Gasteiger partial charge in [-0.05, 0) is 109 Å². The fourth-order valence-electron chi connectivity index (χ4n) is 5.42. The van der Waals surface area contributed by atoms with Crippen LogP contribution in [0.15, 0.2) is 84.9 Å². The molecule has 5 rings (SSSR count). The van der Waals surface area contributed by atoms with E-state index >= 15 is 0 Å². The van der Waals surface area contributed by atoms with Crippen molar-refractivity contribution in [3.05, 3.63) is 118 Å². The number of fused-ring (bicyclic) bond motifs is 3. The number of ether oxygens (including phenoxy) is 4. The molecule has 0 aliphatic heterocycles. The molecule has 0 atom stereocenters. The Morgan fingerprint density at radius 3 is 1.36 bits per heavy atom. The van der Waals surface area contributed by atoms with Gasteiger partial charge in [0.25, 0.3) is 0 Å². The van der Waals surface area contributed by atoms with Crippen LogP contribution in [-0.2, 0) is 26.6 Å². The lowest BCUT2D eigenvalue weighted by molar-refractivity contribution is 0.0489. The first-order valence-corrected chi connectivity index (χ1v) is 15.8. The van der Waals surface area contributed by atoms with E-state index < -0.39 is 16.3 Å². The molecule has 0 fully saturated rings. The lowest BCUT2D eigenvalue weighted by Crippen LogP contribution is -2.12. The Morgan fingerprint density at radius 1 is 0.578 bits per heavy atom. The standard InChI is InChI=1S/C37H36Cl2O6/c1-42-29-15-9-25(10-16-29)7-3-5-21-44-35(40)27-13-19-31-32-20-14-28(24-34(32)37(38,39)33(31)23-27)36(41)45-22-6-4-8-26-11-17-30(43-2)18-12-26/h9-20,23-24H,3-8,21-22H2,1-2H3. The topological polar surface area (TPSA) is 71.1 Å². The highest BCUT2D eigenvalue weighted by Crippen LogP contribution is 2.54. The van der Waals surface area contributed by atoms with Gasteiger partial charge in [0.2, 0.25) is 0 Å². The van der Waals surface area contributed by atoms with Gasteiger partial charge in [-0.1, -0.05) is 59.6 Å². The van der Waals surface area contributed by atoms with Gasteiger partial charge in [-0.25, -0.2) is 9.59 Å². The highest BCUT2D eigenvalue weighted by molar-refractivity contribution is 6.51. The summed E-state index contributed by atoms with van der Waals surface area (Å²) >= 11 is 13.7. The Kier molecular flexibility index (Phi) is 10.7. The lowest BCUT2D eigenvalue weighted by Gasteiger charge is -2.17. The van der Waals surface area contributed by atoms with Crippen molar-refractivity contribution in [2.45, 2.75) is 42.9 Å². The quantitative estimate of drug-likeness (QED) is 0.0775. The van der Waals surface area contributed by atoms with Gasteiger partial charge in [0, 0.05) is 11.1 Å². The number of methoxy groups -OCH3 is 2. The number of alkyl halides is 2. The predicted molar refractivity (Wildman–Crippen MR) is 177 cm³/mol. The number of esters is 2. The molecule has 4 aromatic carbocycles. The molecule has 6 nitrogen and oxygen atoms in total. The van der Waals surface area contributed by atoms with Gasteiger partial charge >= 0.3 is 11.9 Å². The number of carbonyl (C=O) groups excluding carboxylic acids is 2. The average molecular weight is 648 g/mol. The van der Waals surface area contributed by atoms with Gasteiger partial charge in [-0.2, -0.15) is 0 Å². The third-order valence-corrected chi connectivity index (χ3v) is 8.80. The Balaban J connectivity index is 1.12. The van der Waals surface area contributed by atoms with Gasteiger partial charge in [0.05, 0.1) is 38.6 Å². The van der Waals surface area contributed by atoms with Crippen molar-refractivity contribution in [2.75, 3.05) is 27.4 Å². The highest BCUT2D eigenvalue weighted by atomic mass is 35.5. The summed E-state index contributed by atoms with van der Waals surface area (Å²) in [5.41, 5.74) is 5.94. The van der Waals surface area contributed by atoms with Crippen LogP contribution in [-0.4, -0.2) is 39.4 Å². The Morgan fingerprint density at radius 2 is 0.978 bits per heavy atom. The van der Waals surface area contributed by atoms with Crippen LogP contribution < -0.4 is 9.47 Å². The summed E-state index contributed by atoms with van der Waals surface area (Å²) in [7, 11) is 3.29. The second-order valence-corrected chi connectivity index (χ2v) is 12.3. The highest BCUT2D eigenvalue weighted by Gasteiger charge is 2.41. The van der Waals surface area contributed by atoms with Gasteiger partial charge in [0.1, 0.15) is 11.5 Å². The third kappa shape index (κ3) is 7.81. The van der Waals surface area contributed by atoms with Crippen LogP contribution in [0.4, 0.5) is 0 Å². The SMILES string of the molecule is COc1ccc(CCCCOC(=O)c2ccc3c(c2)C(Cl)(Cl)c2cc(C(=O)OCCCCc4ccc(OC)cc4)ccc2-3)cc1. The number of hydrogen-bond donors (Lipinski definition) is 0. The van der Waals surface area contributed by atoms with Gasteiger partial charge in [0.15, 0.2) is 4.33 Å². The fourth-order valence-corrected chi connectivity index (χ4v) is 6.05. The summed E-state index contributed by atoms with van der Waals surface area (Å²) in [6.07, 6.45) is 5.04. The summed E-state index contributed by atoms with van der Waals surface area (Å²) in [6, 6.07) is 26.3. The van der Waals surface area contributed by atoms with E-state index in [9.17, 15) is 9.59 Å². The molecule has 0 unspecified atom stereocenters. The van der Waals surface area contributed by atoms with E-state index in [1.165, 1.54) is 11.1 Å². The molecule has 0 bridgehead atoms. The molecule has 0 saturated heterocycles. The van der Waals surface area contributed by atoms with Crippen molar-refractivity contribution in [3.63, 3.8) is 0 Å². The molecule has 0 N–H and O–H groups in total. The second-order valence-electron chi connectivity index (χ2n) is 11.0. The minimum Gasteiger partial charge on any atom is -0.497 e. The zero-order valence-electron chi connectivity index (χ0n) is 25.4. The van der Waals surface area contributed by atoms with Crippen LogP contribution in [0, 0.1) is 0 Å². The largest absolute Gasteiger partial charge is 0.497 e. The monoisotopic (exact) mass is 646 g/mol. The van der Waals surface area contributed by atoms with Crippen molar-refractivity contribution >= 4 is 35.1 Å². The molecule has 4 aromatic rings. The summed E-state index contributed by atoms with van der Waals surface area (Å²) in [5, 5.41) is 0. The molecule has 0 amide bonds. The van der Waals surface area contributed by atoms with Crippen molar-refractivity contribution in [1.29, 1.82) is 0 Å². The first-order valence-electron chi connectivity index (χ1n) is 15.1. The van der Waals surface area contributed by atoms with Crippen molar-refractivity contribution in [2.24, 2.45) is 0 Å². The molecular weight excluding hydrogens is 611 g/mol. The summed E-state index contributed by atoms with van der Waals surface area (Å²) in [6.45, 7) is 0.623. The van der Waals surface area contributed by atoms with Crippen LogP contribution in [0.3, 0.4) is 0 Å². The van der Waals surface area contributed by atoms with E-state index in [1.54, 1.807) is 38.5 Å². The second kappa shape index (κ2) is 14.9. The van der Waals surface area contributed by atoms with Crippen molar-refractivity contribution < 1.29 is 28.5 Å². The van der Waals surface area contributed by atoms with Crippen LogP contribution in [0.1, 0.15) is 68.7 Å². The van der Waals surface area contributed by atoms with Gasteiger partial charge < -0.3 is 18.9 Å². The number of halogens is 2. The van der Waals surface area contributed by atoms with Crippen LogP contribution in [0.2, 0.25) is 0 Å². The summed E-state index contributed by atoms with van der Waals surface area (Å²) in [5.74, 6) is 0.792. The maximum Gasteiger partial charge on any atom is 0.338 e. The van der Waals surface area contributed by atoms with Crippen LogP contribution in [0.5, 0.6) is 11.5 Å². The molecule has 234 valence electrons. The number of hydrogen-bond acceptors (Lipinski definition) is 6. The summed E-state index contributed by atoms with van der Waals surface area (Å²) < 4.78 is 20.0. The van der Waals surface area contributed by atoms with Crippen molar-refractivity contribution in [3.8, 4) is 22.6 Å². The van der Waals surface area contributed by atoms with E-state index in [0.717, 1.165) is 61.2 Å². The number of rotatable bonds is 14. The number of carbonyl (C=O) groups is 2. The van der Waals surface area contributed by atoms with E-state index in [1.807, 2.05) is 60.7 Å². The number of unbranched alkanes of at least 4 members (excludes halogenated alkanes) is 2. The van der Waals surface area contributed by atoms with Gasteiger partial charge in [-0.3, -0.25) is 0 Å². The van der Waals surface area contributed by atoms with E-state index in [0.29, 0.717) is 35.5 Å². The molecule has 1 aliphatic rings. The predicted octanol–water partition coefficient (Wildman–Crippen LogP) is 8.72. The van der Waals surface area contributed by atoms with Gasteiger partial charge in [-0.15, -0.1) is 0 Å². The Hall–Kier alpha value is -4.00. The smallest absolute Gasteiger partial charge is 0.338 e. The zero-order chi connectivity index (χ0) is 31.8. The Bertz CT molecular complexity index is 1510. The molecule has 0 heterocycles. The molecule has 0 saturated carbocycles. The molecule has 0 radical (unpaired) electrons. The molecule has 8 heteroatoms. The fraction of sp³-hybridized carbons (Fsp3) is 0.297. The van der Waals surface area contributed by atoms with E-state index in [-0.39, 0.29) is 0 Å². The average Bonchev–Trinajstić information content (AvgIpc) is 3.29. The first kappa shape index (κ1) is 32.4. The normalized spacial score (nSPS) is 12.6. The van der Waals surface area contributed by atoms with E-state index in [4.69, 9.17) is 42.1 Å². The third-order valence-electron chi connectivity index (χ3n) is 7.98. The number of benzene rings is 4. The first-order chi connectivity index (χ1) is 21.8. The lowest BCUT2D eigenvalue weighted by atomic mass is 10.0. The molecule has 45 heavy (non-hydrogen) atoms. The Labute approximate surface area is 274 Å². The van der Waals surface area contributed by atoms with E-state index in [2.05, 4.69) is 0 Å². The minimum absolute atomic E-state index is 0.312. The molecular formula is C37H36Cl2O6. The molecule has 0 aromatic heterocycles. The maximum atomic E-state index is 12.8. The molecule has 0 spiro atoms. The van der Waals surface area contributed by atoms with Crippen LogP contribution in [0.25, 0.3) is 11.1 Å². The summed E-state index contributed by atoms with van der Waals surface area (Å²) in [4.78, 5) is 25.7. The van der Waals surface area contributed by atoms with Crippen LogP contribution >= 0.6 is 23.2 Å². The molecule has 1 aliphatic carbocycles. The minimum atomic E-state index is -1.44. The van der Waals surface area contributed by atoms with Crippen molar-refractivity contribution in [1.82, 2.24) is 0 Å².